The van der Waals surface area contributed by atoms with Crippen LogP contribution in [0, 0.1) is 0 Å². The van der Waals surface area contributed by atoms with Gasteiger partial charge in [-0.05, 0) is 12.1 Å². The summed E-state index contributed by atoms with van der Waals surface area (Å²) in [6, 6.07) is 1.71. The third kappa shape index (κ3) is 2.30. The Kier molecular flexibility index (Phi) is 4.14. The summed E-state index contributed by atoms with van der Waals surface area (Å²) >= 11 is 0. The molecule has 0 radical (unpaired) electrons. The minimum absolute atomic E-state index is 0.283. The van der Waals surface area contributed by atoms with Gasteiger partial charge in [-0.1, -0.05) is 6.08 Å². The number of methoxy groups -OCH3 is 4. The van der Waals surface area contributed by atoms with E-state index < -0.39 is 12.1 Å². The molecular weight excluding hydrogens is 264 g/mol. The molecule has 1 atom stereocenters. The fourth-order valence-electron chi connectivity index (χ4n) is 1.98. The Hall–Kier alpha value is -2.21. The molecule has 1 aromatic rings. The Morgan fingerprint density at radius 2 is 1.75 bits per heavy atom. The van der Waals surface area contributed by atoms with Gasteiger partial charge >= 0.3 is 5.97 Å². The number of ether oxygens (including phenoxy) is 5. The molecule has 0 N–H and O–H groups in total. The zero-order valence-corrected chi connectivity index (χ0v) is 11.8. The monoisotopic (exact) mass is 280 g/mol. The fraction of sp³-hybridized carbons (Fsp3) is 0.357. The van der Waals surface area contributed by atoms with Crippen LogP contribution in [0.15, 0.2) is 12.1 Å². The van der Waals surface area contributed by atoms with E-state index in [1.54, 1.807) is 18.2 Å². The largest absolute Gasteiger partial charge is 0.493 e. The van der Waals surface area contributed by atoms with Crippen LogP contribution in [0.1, 0.15) is 5.56 Å². The van der Waals surface area contributed by atoms with Gasteiger partial charge in [-0.15, -0.1) is 0 Å². The zero-order valence-electron chi connectivity index (χ0n) is 11.8. The van der Waals surface area contributed by atoms with Crippen molar-refractivity contribution in [3.05, 3.63) is 17.7 Å². The van der Waals surface area contributed by atoms with Crippen LogP contribution in [-0.2, 0) is 9.53 Å². The molecule has 0 spiro atoms. The quantitative estimate of drug-likeness (QED) is 0.617. The standard InChI is InChI=1S/C14H16O6/c1-16-9-6-5-8-7-10(17-2)12(18-3)13(19-4)11(8)20-14(9)15/h5-7,9H,1-4H3. The van der Waals surface area contributed by atoms with Crippen LogP contribution in [0.5, 0.6) is 23.0 Å². The van der Waals surface area contributed by atoms with Crippen LogP contribution in [0.3, 0.4) is 0 Å². The van der Waals surface area contributed by atoms with Crippen molar-refractivity contribution in [1.82, 2.24) is 0 Å². The zero-order chi connectivity index (χ0) is 14.7. The molecule has 0 saturated heterocycles. The van der Waals surface area contributed by atoms with E-state index in [0.29, 0.717) is 22.8 Å². The van der Waals surface area contributed by atoms with Gasteiger partial charge in [-0.3, -0.25) is 0 Å². The second-order valence-corrected chi connectivity index (χ2v) is 4.00. The average molecular weight is 280 g/mol. The highest BCUT2D eigenvalue weighted by Crippen LogP contribution is 2.47. The summed E-state index contributed by atoms with van der Waals surface area (Å²) in [6.45, 7) is 0. The molecule has 0 saturated carbocycles. The number of fused-ring (bicyclic) bond motifs is 1. The maximum Gasteiger partial charge on any atom is 0.344 e. The lowest BCUT2D eigenvalue weighted by Crippen LogP contribution is -2.24. The normalized spacial score (nSPS) is 17.0. The molecule has 1 heterocycles. The van der Waals surface area contributed by atoms with Crippen molar-refractivity contribution in [3.8, 4) is 23.0 Å². The Bertz CT molecular complexity index is 549. The van der Waals surface area contributed by atoms with Crippen LogP contribution in [-0.4, -0.2) is 40.5 Å². The SMILES string of the molecule is COc1cc2c(c(OC)c1OC)OC(=O)C(OC)C=C2. The predicted octanol–water partition coefficient (Wildman–Crippen LogP) is 1.66. The van der Waals surface area contributed by atoms with Gasteiger partial charge in [0.2, 0.25) is 11.5 Å². The van der Waals surface area contributed by atoms with Crippen molar-refractivity contribution in [2.45, 2.75) is 6.10 Å². The van der Waals surface area contributed by atoms with Crippen LogP contribution in [0.2, 0.25) is 0 Å². The third-order valence-electron chi connectivity index (χ3n) is 2.95. The Labute approximate surface area is 116 Å². The van der Waals surface area contributed by atoms with Gasteiger partial charge in [0.05, 0.1) is 21.3 Å². The van der Waals surface area contributed by atoms with Gasteiger partial charge in [-0.25, -0.2) is 4.79 Å². The molecule has 0 bridgehead atoms. The summed E-state index contributed by atoms with van der Waals surface area (Å²) in [5, 5.41) is 0. The second kappa shape index (κ2) is 5.83. The summed E-state index contributed by atoms with van der Waals surface area (Å²) in [5.41, 5.74) is 0.646. The molecule has 1 aliphatic rings. The third-order valence-corrected chi connectivity index (χ3v) is 2.95. The highest BCUT2D eigenvalue weighted by molar-refractivity contribution is 5.86. The van der Waals surface area contributed by atoms with Gasteiger partial charge in [0.15, 0.2) is 17.6 Å². The molecule has 20 heavy (non-hydrogen) atoms. The minimum atomic E-state index is -0.760. The van der Waals surface area contributed by atoms with E-state index in [0.717, 1.165) is 0 Å². The molecule has 0 aromatic heterocycles. The maximum atomic E-state index is 11.9. The van der Waals surface area contributed by atoms with Crippen LogP contribution in [0.4, 0.5) is 0 Å². The number of benzene rings is 1. The van der Waals surface area contributed by atoms with Gasteiger partial charge < -0.3 is 23.7 Å². The van der Waals surface area contributed by atoms with E-state index in [2.05, 4.69) is 0 Å². The van der Waals surface area contributed by atoms with Gasteiger partial charge in [0.1, 0.15) is 0 Å². The second-order valence-electron chi connectivity index (χ2n) is 4.00. The van der Waals surface area contributed by atoms with Crippen molar-refractivity contribution in [3.63, 3.8) is 0 Å². The van der Waals surface area contributed by atoms with E-state index in [1.165, 1.54) is 28.4 Å². The van der Waals surface area contributed by atoms with Crippen molar-refractivity contribution < 1.29 is 28.5 Å². The van der Waals surface area contributed by atoms with E-state index in [1.807, 2.05) is 0 Å². The molecule has 108 valence electrons. The predicted molar refractivity (Wildman–Crippen MR) is 71.6 cm³/mol. The van der Waals surface area contributed by atoms with Crippen LogP contribution < -0.4 is 18.9 Å². The first kappa shape index (κ1) is 14.2. The summed E-state index contributed by atoms with van der Waals surface area (Å²) in [4.78, 5) is 11.9. The summed E-state index contributed by atoms with van der Waals surface area (Å²) in [6.07, 6.45) is 2.57. The molecule has 0 fully saturated rings. The molecule has 0 amide bonds. The first-order valence-corrected chi connectivity index (χ1v) is 5.91. The number of carbonyl (C=O) groups is 1. The Morgan fingerprint density at radius 1 is 1.05 bits per heavy atom. The fourth-order valence-corrected chi connectivity index (χ4v) is 1.98. The average Bonchev–Trinajstić information content (AvgIpc) is 2.63. The lowest BCUT2D eigenvalue weighted by Gasteiger charge is -2.17. The van der Waals surface area contributed by atoms with Gasteiger partial charge in [-0.2, -0.15) is 0 Å². The number of hydrogen-bond donors (Lipinski definition) is 0. The molecule has 0 aliphatic carbocycles. The van der Waals surface area contributed by atoms with E-state index in [4.69, 9.17) is 23.7 Å². The van der Waals surface area contributed by atoms with Crippen LogP contribution in [0.25, 0.3) is 6.08 Å². The lowest BCUT2D eigenvalue weighted by molar-refractivity contribution is -0.142. The van der Waals surface area contributed by atoms with Crippen molar-refractivity contribution in [2.75, 3.05) is 28.4 Å². The van der Waals surface area contributed by atoms with Crippen LogP contribution >= 0.6 is 0 Å². The van der Waals surface area contributed by atoms with Crippen molar-refractivity contribution in [1.29, 1.82) is 0 Å². The lowest BCUT2D eigenvalue weighted by atomic mass is 10.1. The molecule has 1 aromatic carbocycles. The number of esters is 1. The van der Waals surface area contributed by atoms with Gasteiger partial charge in [0, 0.05) is 12.7 Å². The molecule has 6 heteroatoms. The van der Waals surface area contributed by atoms with Crippen molar-refractivity contribution >= 4 is 12.0 Å². The first-order valence-electron chi connectivity index (χ1n) is 5.91. The summed E-state index contributed by atoms with van der Waals surface area (Å²) < 4.78 is 26.2. The number of hydrogen-bond acceptors (Lipinski definition) is 6. The number of carbonyl (C=O) groups excluding carboxylic acids is 1. The Morgan fingerprint density at radius 3 is 2.30 bits per heavy atom. The van der Waals surface area contributed by atoms with Gasteiger partial charge in [0.25, 0.3) is 0 Å². The van der Waals surface area contributed by atoms with Crippen molar-refractivity contribution in [2.24, 2.45) is 0 Å². The Balaban J connectivity index is 2.62. The summed E-state index contributed by atoms with van der Waals surface area (Å²) in [5.74, 6) is 0.918. The minimum Gasteiger partial charge on any atom is -0.493 e. The highest BCUT2D eigenvalue weighted by Gasteiger charge is 2.28. The highest BCUT2D eigenvalue weighted by atomic mass is 16.6. The topological polar surface area (TPSA) is 63.2 Å². The number of rotatable bonds is 4. The van der Waals surface area contributed by atoms with E-state index in [-0.39, 0.29) is 5.75 Å². The molecule has 6 nitrogen and oxygen atoms in total. The molecule has 2 rings (SSSR count). The first-order chi connectivity index (χ1) is 9.65. The van der Waals surface area contributed by atoms with E-state index >= 15 is 0 Å². The molecule has 1 unspecified atom stereocenters. The molecule has 1 aliphatic heterocycles. The summed E-state index contributed by atoms with van der Waals surface area (Å²) in [7, 11) is 5.91. The smallest absolute Gasteiger partial charge is 0.344 e. The molecular formula is C14H16O6. The van der Waals surface area contributed by atoms with E-state index in [9.17, 15) is 4.79 Å². The maximum absolute atomic E-state index is 11.9.